The van der Waals surface area contributed by atoms with Crippen molar-refractivity contribution in [1.82, 2.24) is 15.1 Å². The molecule has 116 valence electrons. The van der Waals surface area contributed by atoms with Crippen molar-refractivity contribution in [1.29, 1.82) is 0 Å². The van der Waals surface area contributed by atoms with Gasteiger partial charge in [-0.1, -0.05) is 12.1 Å². The first kappa shape index (κ1) is 16.0. The fraction of sp³-hybridized carbons (Fsp3) is 0.588. The van der Waals surface area contributed by atoms with Gasteiger partial charge in [0.05, 0.1) is 0 Å². The lowest BCUT2D eigenvalue weighted by molar-refractivity contribution is 0.0919. The maximum atomic E-state index is 12.1. The largest absolute Gasteiger partial charge is 0.347 e. The third kappa shape index (κ3) is 5.14. The second-order valence-corrected chi connectivity index (χ2v) is 6.98. The number of hydrogen-bond donors (Lipinski definition) is 1. The van der Waals surface area contributed by atoms with E-state index >= 15 is 0 Å². The fourth-order valence-corrected chi connectivity index (χ4v) is 2.44. The van der Waals surface area contributed by atoms with Gasteiger partial charge in [-0.15, -0.1) is 0 Å². The molecule has 4 heteroatoms. The van der Waals surface area contributed by atoms with Crippen LogP contribution in [-0.4, -0.2) is 54.5 Å². The molecule has 0 aromatic heterocycles. The van der Waals surface area contributed by atoms with Crippen LogP contribution in [0.15, 0.2) is 24.3 Å². The summed E-state index contributed by atoms with van der Waals surface area (Å²) < 4.78 is 0. The zero-order chi connectivity index (χ0) is 15.5. The summed E-state index contributed by atoms with van der Waals surface area (Å²) in [6, 6.07) is 7.98. The molecule has 1 amide bonds. The highest BCUT2D eigenvalue weighted by molar-refractivity contribution is 5.94. The Labute approximate surface area is 128 Å². The summed E-state index contributed by atoms with van der Waals surface area (Å²) in [6.45, 7) is 11.4. The maximum absolute atomic E-state index is 12.1. The Kier molecular flexibility index (Phi) is 5.01. The molecule has 0 aliphatic carbocycles. The Balaban J connectivity index is 1.91. The van der Waals surface area contributed by atoms with Gasteiger partial charge >= 0.3 is 0 Å². The van der Waals surface area contributed by atoms with Crippen LogP contribution in [-0.2, 0) is 6.54 Å². The molecule has 0 spiro atoms. The van der Waals surface area contributed by atoms with Gasteiger partial charge in [0.1, 0.15) is 0 Å². The standard InChI is InChI=1S/C17H27N3O/c1-17(2,3)18-16(21)15-7-5-14(6-8-15)13-20-11-9-19(4)10-12-20/h5-8H,9-13H2,1-4H3,(H,18,21). The van der Waals surface area contributed by atoms with E-state index in [2.05, 4.69) is 34.3 Å². The molecule has 1 aromatic carbocycles. The molecular formula is C17H27N3O. The van der Waals surface area contributed by atoms with Crippen molar-refractivity contribution in [2.45, 2.75) is 32.9 Å². The van der Waals surface area contributed by atoms with Gasteiger partial charge in [-0.3, -0.25) is 9.69 Å². The van der Waals surface area contributed by atoms with Crippen LogP contribution >= 0.6 is 0 Å². The Morgan fingerprint density at radius 1 is 1.10 bits per heavy atom. The van der Waals surface area contributed by atoms with E-state index in [0.29, 0.717) is 0 Å². The first-order valence-electron chi connectivity index (χ1n) is 7.66. The molecule has 21 heavy (non-hydrogen) atoms. The van der Waals surface area contributed by atoms with Gasteiger partial charge in [0, 0.05) is 43.8 Å². The van der Waals surface area contributed by atoms with Crippen LogP contribution in [0.5, 0.6) is 0 Å². The number of benzene rings is 1. The number of amides is 1. The molecule has 0 unspecified atom stereocenters. The van der Waals surface area contributed by atoms with E-state index in [1.165, 1.54) is 5.56 Å². The normalized spacial score (nSPS) is 17.7. The number of nitrogens with zero attached hydrogens (tertiary/aromatic N) is 2. The summed E-state index contributed by atoms with van der Waals surface area (Å²) in [4.78, 5) is 16.9. The van der Waals surface area contributed by atoms with E-state index in [0.717, 1.165) is 38.3 Å². The van der Waals surface area contributed by atoms with E-state index in [4.69, 9.17) is 0 Å². The molecule has 1 aliphatic rings. The molecule has 1 aliphatic heterocycles. The van der Waals surface area contributed by atoms with Crippen molar-refractivity contribution in [3.8, 4) is 0 Å². The minimum atomic E-state index is -0.199. The van der Waals surface area contributed by atoms with E-state index in [-0.39, 0.29) is 11.4 Å². The number of likely N-dealkylation sites (N-methyl/N-ethyl adjacent to an activating group) is 1. The number of carbonyl (C=O) groups excluding carboxylic acids is 1. The fourth-order valence-electron chi connectivity index (χ4n) is 2.44. The molecular weight excluding hydrogens is 262 g/mol. The van der Waals surface area contributed by atoms with Crippen LogP contribution < -0.4 is 5.32 Å². The van der Waals surface area contributed by atoms with Crippen molar-refractivity contribution < 1.29 is 4.79 Å². The third-order valence-corrected chi connectivity index (χ3v) is 3.71. The minimum absolute atomic E-state index is 0.00588. The van der Waals surface area contributed by atoms with Crippen molar-refractivity contribution in [3.05, 3.63) is 35.4 Å². The molecule has 1 fully saturated rings. The van der Waals surface area contributed by atoms with Gasteiger partial charge in [0.2, 0.25) is 0 Å². The number of piperazine rings is 1. The molecule has 0 saturated carbocycles. The lowest BCUT2D eigenvalue weighted by Gasteiger charge is -2.32. The highest BCUT2D eigenvalue weighted by atomic mass is 16.1. The Morgan fingerprint density at radius 2 is 1.67 bits per heavy atom. The van der Waals surface area contributed by atoms with E-state index in [1.54, 1.807) is 0 Å². The topological polar surface area (TPSA) is 35.6 Å². The van der Waals surface area contributed by atoms with E-state index in [1.807, 2.05) is 32.9 Å². The van der Waals surface area contributed by atoms with Crippen molar-refractivity contribution >= 4 is 5.91 Å². The number of carbonyl (C=O) groups is 1. The van der Waals surface area contributed by atoms with Crippen LogP contribution in [0, 0.1) is 0 Å². The molecule has 4 nitrogen and oxygen atoms in total. The zero-order valence-corrected chi connectivity index (χ0v) is 13.6. The predicted octanol–water partition coefficient (Wildman–Crippen LogP) is 1.96. The van der Waals surface area contributed by atoms with Crippen LogP contribution in [0.1, 0.15) is 36.7 Å². The lowest BCUT2D eigenvalue weighted by atomic mass is 10.1. The highest BCUT2D eigenvalue weighted by Gasteiger charge is 2.16. The average Bonchev–Trinajstić information content (AvgIpc) is 2.40. The summed E-state index contributed by atoms with van der Waals surface area (Å²) in [7, 11) is 2.17. The smallest absolute Gasteiger partial charge is 0.251 e. The second-order valence-electron chi connectivity index (χ2n) is 6.98. The van der Waals surface area contributed by atoms with Gasteiger partial charge in [-0.2, -0.15) is 0 Å². The minimum Gasteiger partial charge on any atom is -0.347 e. The number of hydrogen-bond acceptors (Lipinski definition) is 3. The molecule has 2 rings (SSSR count). The Bertz CT molecular complexity index is 468. The van der Waals surface area contributed by atoms with Crippen molar-refractivity contribution in [2.75, 3.05) is 33.2 Å². The van der Waals surface area contributed by atoms with Gasteiger partial charge in [-0.25, -0.2) is 0 Å². The van der Waals surface area contributed by atoms with Crippen LogP contribution in [0.25, 0.3) is 0 Å². The summed E-state index contributed by atoms with van der Waals surface area (Å²) in [5, 5.41) is 2.99. The maximum Gasteiger partial charge on any atom is 0.251 e. The molecule has 0 atom stereocenters. The molecule has 1 saturated heterocycles. The highest BCUT2D eigenvalue weighted by Crippen LogP contribution is 2.11. The first-order valence-corrected chi connectivity index (χ1v) is 7.66. The predicted molar refractivity (Wildman–Crippen MR) is 86.4 cm³/mol. The molecule has 0 bridgehead atoms. The van der Waals surface area contributed by atoms with E-state index < -0.39 is 0 Å². The summed E-state index contributed by atoms with van der Waals surface area (Å²) in [5.74, 6) is -0.00588. The third-order valence-electron chi connectivity index (χ3n) is 3.71. The van der Waals surface area contributed by atoms with Gasteiger partial charge in [0.15, 0.2) is 0 Å². The molecule has 0 radical (unpaired) electrons. The second kappa shape index (κ2) is 6.58. The SMILES string of the molecule is CN1CCN(Cc2ccc(C(=O)NC(C)(C)C)cc2)CC1. The Hall–Kier alpha value is -1.39. The molecule has 1 heterocycles. The van der Waals surface area contributed by atoms with Crippen molar-refractivity contribution in [3.63, 3.8) is 0 Å². The first-order chi connectivity index (χ1) is 9.83. The summed E-state index contributed by atoms with van der Waals surface area (Å²) >= 11 is 0. The number of rotatable bonds is 3. The molecule has 1 N–H and O–H groups in total. The quantitative estimate of drug-likeness (QED) is 0.924. The zero-order valence-electron chi connectivity index (χ0n) is 13.6. The van der Waals surface area contributed by atoms with Gasteiger partial charge in [-0.05, 0) is 45.5 Å². The lowest BCUT2D eigenvalue weighted by Crippen LogP contribution is -2.43. The average molecular weight is 289 g/mol. The summed E-state index contributed by atoms with van der Waals surface area (Å²) in [5.41, 5.74) is 1.80. The monoisotopic (exact) mass is 289 g/mol. The van der Waals surface area contributed by atoms with Gasteiger partial charge in [0.25, 0.3) is 5.91 Å². The van der Waals surface area contributed by atoms with Crippen LogP contribution in [0.4, 0.5) is 0 Å². The summed E-state index contributed by atoms with van der Waals surface area (Å²) in [6.07, 6.45) is 0. The Morgan fingerprint density at radius 3 is 2.19 bits per heavy atom. The van der Waals surface area contributed by atoms with Crippen LogP contribution in [0.2, 0.25) is 0 Å². The van der Waals surface area contributed by atoms with Crippen LogP contribution in [0.3, 0.4) is 0 Å². The van der Waals surface area contributed by atoms with E-state index in [9.17, 15) is 4.79 Å². The van der Waals surface area contributed by atoms with Gasteiger partial charge < -0.3 is 10.2 Å². The number of nitrogens with one attached hydrogen (secondary N) is 1. The van der Waals surface area contributed by atoms with Crippen molar-refractivity contribution in [2.24, 2.45) is 0 Å². The molecule has 1 aromatic rings.